The van der Waals surface area contributed by atoms with Crippen LogP contribution in [0.2, 0.25) is 0 Å². The second-order valence-corrected chi connectivity index (χ2v) is 5.19. The maximum Gasteiger partial charge on any atom is 0.315 e. The summed E-state index contributed by atoms with van der Waals surface area (Å²) in [5.74, 6) is -0.131. The van der Waals surface area contributed by atoms with Crippen LogP contribution in [-0.4, -0.2) is 36.9 Å². The molecule has 1 heterocycles. The summed E-state index contributed by atoms with van der Waals surface area (Å²) in [6.07, 6.45) is 1.42. The second kappa shape index (κ2) is 6.93. The van der Waals surface area contributed by atoms with E-state index in [0.717, 1.165) is 12.1 Å². The molecule has 3 amide bonds. The number of carbonyl (C=O) groups excluding carboxylic acids is 2. The molecule has 0 bridgehead atoms. The molecule has 0 aliphatic carbocycles. The number of nitrogens with zero attached hydrogens (tertiary/aromatic N) is 1. The molecule has 7 heteroatoms. The Morgan fingerprint density at radius 2 is 2.09 bits per heavy atom. The molecular weight excluding hydrogens is 282 g/mol. The van der Waals surface area contributed by atoms with Crippen LogP contribution in [0.5, 0.6) is 0 Å². The summed E-state index contributed by atoms with van der Waals surface area (Å²) < 4.78 is 0. The number of nitrogen functional groups attached to an aromatic ring is 1. The lowest BCUT2D eigenvalue weighted by Crippen LogP contribution is -2.46. The first-order valence-electron chi connectivity index (χ1n) is 7.33. The van der Waals surface area contributed by atoms with Crippen molar-refractivity contribution in [2.45, 2.75) is 25.8 Å². The van der Waals surface area contributed by atoms with Crippen molar-refractivity contribution in [2.24, 2.45) is 5.73 Å². The number of nitrogens with one attached hydrogen (secondary N) is 3. The summed E-state index contributed by atoms with van der Waals surface area (Å²) in [6.45, 7) is 3.10. The molecule has 1 aliphatic rings. The molecule has 1 saturated heterocycles. The molecule has 1 aromatic rings. The number of carbonyl (C=O) groups is 2. The van der Waals surface area contributed by atoms with Crippen molar-refractivity contribution < 1.29 is 9.59 Å². The lowest BCUT2D eigenvalue weighted by molar-refractivity contribution is -0.118. The van der Waals surface area contributed by atoms with Crippen LogP contribution in [0.4, 0.5) is 10.5 Å². The van der Waals surface area contributed by atoms with Gasteiger partial charge in [0.25, 0.3) is 0 Å². The lowest BCUT2D eigenvalue weighted by Gasteiger charge is -2.17. The van der Waals surface area contributed by atoms with Gasteiger partial charge in [-0.15, -0.1) is 0 Å². The van der Waals surface area contributed by atoms with Crippen LogP contribution in [0.1, 0.15) is 25.3 Å². The smallest absolute Gasteiger partial charge is 0.315 e. The van der Waals surface area contributed by atoms with E-state index >= 15 is 0 Å². The number of amidine groups is 1. The molecule has 7 nitrogen and oxygen atoms in total. The highest BCUT2D eigenvalue weighted by Gasteiger charge is 2.33. The van der Waals surface area contributed by atoms with E-state index in [4.69, 9.17) is 11.1 Å². The summed E-state index contributed by atoms with van der Waals surface area (Å²) in [4.78, 5) is 25.6. The summed E-state index contributed by atoms with van der Waals surface area (Å²) in [5, 5.41) is 12.8. The van der Waals surface area contributed by atoms with E-state index in [1.54, 1.807) is 29.2 Å². The van der Waals surface area contributed by atoms with Crippen molar-refractivity contribution in [3.8, 4) is 0 Å². The topological polar surface area (TPSA) is 111 Å². The molecule has 1 fully saturated rings. The number of anilines is 1. The first kappa shape index (κ1) is 15.8. The third-order valence-corrected chi connectivity index (χ3v) is 3.54. The van der Waals surface area contributed by atoms with Gasteiger partial charge in [-0.1, -0.05) is 6.92 Å². The van der Waals surface area contributed by atoms with Crippen LogP contribution < -0.4 is 21.3 Å². The fourth-order valence-electron chi connectivity index (χ4n) is 2.34. The average molecular weight is 303 g/mol. The zero-order chi connectivity index (χ0) is 16.1. The summed E-state index contributed by atoms with van der Waals surface area (Å²) >= 11 is 0. The Kier molecular flexibility index (Phi) is 4.98. The van der Waals surface area contributed by atoms with Gasteiger partial charge in [0.1, 0.15) is 11.9 Å². The van der Waals surface area contributed by atoms with E-state index in [-0.39, 0.29) is 17.8 Å². The normalized spacial score (nSPS) is 17.4. The molecule has 2 rings (SSSR count). The van der Waals surface area contributed by atoms with Crippen LogP contribution in [-0.2, 0) is 4.79 Å². The zero-order valence-corrected chi connectivity index (χ0v) is 12.6. The number of hydrogen-bond acceptors (Lipinski definition) is 3. The highest BCUT2D eigenvalue weighted by atomic mass is 16.2. The largest absolute Gasteiger partial charge is 0.384 e. The number of urea groups is 1. The summed E-state index contributed by atoms with van der Waals surface area (Å²) in [6, 6.07) is 6.13. The van der Waals surface area contributed by atoms with Crippen LogP contribution in [0.25, 0.3) is 0 Å². The Morgan fingerprint density at radius 1 is 1.41 bits per heavy atom. The highest BCUT2D eigenvalue weighted by molar-refractivity contribution is 6.02. The van der Waals surface area contributed by atoms with Gasteiger partial charge in [0, 0.05) is 24.3 Å². The fraction of sp³-hybridized carbons (Fsp3) is 0.400. The third-order valence-electron chi connectivity index (χ3n) is 3.54. The molecule has 1 aromatic carbocycles. The molecule has 0 saturated carbocycles. The van der Waals surface area contributed by atoms with Crippen LogP contribution >= 0.6 is 0 Å². The van der Waals surface area contributed by atoms with Gasteiger partial charge < -0.3 is 21.3 Å². The Labute approximate surface area is 129 Å². The Balaban J connectivity index is 1.98. The molecule has 5 N–H and O–H groups in total. The quantitative estimate of drug-likeness (QED) is 0.476. The van der Waals surface area contributed by atoms with Gasteiger partial charge >= 0.3 is 6.03 Å². The van der Waals surface area contributed by atoms with E-state index in [2.05, 4.69) is 10.6 Å². The maximum absolute atomic E-state index is 12.4. The fourth-order valence-corrected chi connectivity index (χ4v) is 2.34. The number of nitrogens with two attached hydrogens (primary N) is 1. The minimum Gasteiger partial charge on any atom is -0.384 e. The molecular formula is C15H21N5O2. The molecule has 1 atom stereocenters. The first-order chi connectivity index (χ1) is 10.5. The monoisotopic (exact) mass is 303 g/mol. The van der Waals surface area contributed by atoms with E-state index in [1.807, 2.05) is 6.92 Å². The van der Waals surface area contributed by atoms with Gasteiger partial charge in [-0.25, -0.2) is 4.79 Å². The Morgan fingerprint density at radius 3 is 2.68 bits per heavy atom. The maximum atomic E-state index is 12.4. The second-order valence-electron chi connectivity index (χ2n) is 5.19. The van der Waals surface area contributed by atoms with Gasteiger partial charge in [0.15, 0.2) is 0 Å². The molecule has 1 aliphatic heterocycles. The van der Waals surface area contributed by atoms with Gasteiger partial charge in [0.2, 0.25) is 5.91 Å². The Bertz CT molecular complexity index is 570. The molecule has 0 spiro atoms. The number of hydrogen-bond donors (Lipinski definition) is 4. The SMILES string of the molecule is CCCNC(=O)N[C@H]1CCN(c2ccc(C(=N)N)cc2)C1=O. The molecule has 0 unspecified atom stereocenters. The van der Waals surface area contributed by atoms with Crippen LogP contribution in [0.15, 0.2) is 24.3 Å². The number of rotatable bonds is 5. The molecule has 0 radical (unpaired) electrons. The van der Waals surface area contributed by atoms with E-state index in [9.17, 15) is 9.59 Å². The third kappa shape index (κ3) is 3.55. The van der Waals surface area contributed by atoms with E-state index in [0.29, 0.717) is 25.1 Å². The Hall–Kier alpha value is -2.57. The van der Waals surface area contributed by atoms with Crippen molar-refractivity contribution in [1.29, 1.82) is 5.41 Å². The average Bonchev–Trinajstić information content (AvgIpc) is 2.86. The predicted octanol–water partition coefficient (Wildman–Crippen LogP) is 0.785. The van der Waals surface area contributed by atoms with Crippen molar-refractivity contribution in [3.05, 3.63) is 29.8 Å². The molecule has 22 heavy (non-hydrogen) atoms. The summed E-state index contributed by atoms with van der Waals surface area (Å²) in [5.41, 5.74) is 6.77. The number of amides is 3. The minimum atomic E-state index is -0.496. The summed E-state index contributed by atoms with van der Waals surface area (Å²) in [7, 11) is 0. The standard InChI is InChI=1S/C15H21N5O2/c1-2-8-18-15(22)19-12-7-9-20(14(12)21)11-5-3-10(4-6-11)13(16)17/h3-6,12H,2,7-9H2,1H3,(H3,16,17)(H2,18,19,22)/t12-/m0/s1. The first-order valence-corrected chi connectivity index (χ1v) is 7.33. The predicted molar refractivity (Wildman–Crippen MR) is 85.0 cm³/mol. The zero-order valence-electron chi connectivity index (χ0n) is 12.6. The lowest BCUT2D eigenvalue weighted by atomic mass is 10.2. The molecule has 0 aromatic heterocycles. The van der Waals surface area contributed by atoms with E-state index < -0.39 is 6.04 Å². The van der Waals surface area contributed by atoms with Crippen LogP contribution in [0, 0.1) is 5.41 Å². The molecule has 118 valence electrons. The van der Waals surface area contributed by atoms with Crippen LogP contribution in [0.3, 0.4) is 0 Å². The highest BCUT2D eigenvalue weighted by Crippen LogP contribution is 2.22. The van der Waals surface area contributed by atoms with Crippen molar-refractivity contribution >= 4 is 23.5 Å². The minimum absolute atomic E-state index is 0.00793. The van der Waals surface area contributed by atoms with Gasteiger partial charge in [0.05, 0.1) is 0 Å². The van der Waals surface area contributed by atoms with Crippen molar-refractivity contribution in [3.63, 3.8) is 0 Å². The van der Waals surface area contributed by atoms with Gasteiger partial charge in [-0.3, -0.25) is 10.2 Å². The van der Waals surface area contributed by atoms with E-state index in [1.165, 1.54) is 0 Å². The van der Waals surface area contributed by atoms with Gasteiger partial charge in [-0.2, -0.15) is 0 Å². The number of benzene rings is 1. The van der Waals surface area contributed by atoms with Gasteiger partial charge in [-0.05, 0) is 37.1 Å². The van der Waals surface area contributed by atoms with Crippen molar-refractivity contribution in [2.75, 3.05) is 18.0 Å². The van der Waals surface area contributed by atoms with Crippen molar-refractivity contribution in [1.82, 2.24) is 10.6 Å².